The molecule has 0 saturated heterocycles. The standard InChI is InChI=1S/C48H30N2S/c1-2-14-33(15-3-1)48-49-43(35-25-24-31-12-4-5-16-34(31)26-35)30-44(50-48)38-28-36(40-20-10-17-32-13-6-7-18-39(32)40)27-37(29-38)41-21-11-23-46-47(41)42-19-8-9-22-45(42)51-46/h1-30H. The maximum absolute atomic E-state index is 5.29. The van der Waals surface area contributed by atoms with Crippen LogP contribution in [0.4, 0.5) is 0 Å². The van der Waals surface area contributed by atoms with Crippen molar-refractivity contribution in [3.63, 3.8) is 0 Å². The van der Waals surface area contributed by atoms with Gasteiger partial charge in [0, 0.05) is 36.9 Å². The summed E-state index contributed by atoms with van der Waals surface area (Å²) >= 11 is 1.85. The highest BCUT2D eigenvalue weighted by molar-refractivity contribution is 7.25. The Labute approximate surface area is 300 Å². The van der Waals surface area contributed by atoms with Crippen LogP contribution in [0.15, 0.2) is 182 Å². The third kappa shape index (κ3) is 5.27. The van der Waals surface area contributed by atoms with Gasteiger partial charge in [0.05, 0.1) is 11.4 Å². The lowest BCUT2D eigenvalue weighted by atomic mass is 9.91. The van der Waals surface area contributed by atoms with Gasteiger partial charge in [-0.05, 0) is 86.3 Å². The molecule has 0 unspecified atom stereocenters. The fourth-order valence-electron chi connectivity index (χ4n) is 7.39. The van der Waals surface area contributed by atoms with E-state index in [1.807, 2.05) is 29.5 Å². The molecule has 0 bridgehead atoms. The van der Waals surface area contributed by atoms with E-state index in [0.717, 1.165) is 39.2 Å². The van der Waals surface area contributed by atoms with E-state index in [0.29, 0.717) is 5.82 Å². The highest BCUT2D eigenvalue weighted by Crippen LogP contribution is 2.43. The average Bonchev–Trinajstić information content (AvgIpc) is 3.59. The smallest absolute Gasteiger partial charge is 0.160 e. The number of hydrogen-bond acceptors (Lipinski definition) is 3. The van der Waals surface area contributed by atoms with Gasteiger partial charge in [0.2, 0.25) is 0 Å². The van der Waals surface area contributed by atoms with Crippen molar-refractivity contribution >= 4 is 53.1 Å². The van der Waals surface area contributed by atoms with E-state index in [1.54, 1.807) is 0 Å². The summed E-state index contributed by atoms with van der Waals surface area (Å²) in [4.78, 5) is 10.5. The molecule has 0 spiro atoms. The average molecular weight is 667 g/mol. The Balaban J connectivity index is 1.25. The Morgan fingerprint density at radius 2 is 0.941 bits per heavy atom. The number of thiophene rings is 1. The Morgan fingerprint density at radius 3 is 1.80 bits per heavy atom. The van der Waals surface area contributed by atoms with Crippen LogP contribution in [-0.4, -0.2) is 9.97 Å². The van der Waals surface area contributed by atoms with E-state index in [-0.39, 0.29) is 0 Å². The first-order valence-corrected chi connectivity index (χ1v) is 18.0. The Kier molecular flexibility index (Phi) is 7.04. The largest absolute Gasteiger partial charge is 0.228 e. The Bertz CT molecular complexity index is 2920. The molecule has 10 aromatic rings. The molecule has 0 atom stereocenters. The van der Waals surface area contributed by atoms with Crippen molar-refractivity contribution < 1.29 is 0 Å². The number of aromatic nitrogens is 2. The van der Waals surface area contributed by atoms with Crippen molar-refractivity contribution in [2.24, 2.45) is 0 Å². The maximum atomic E-state index is 5.29. The van der Waals surface area contributed by atoms with Gasteiger partial charge in [0.1, 0.15) is 0 Å². The summed E-state index contributed by atoms with van der Waals surface area (Å²) in [5.41, 5.74) is 9.63. The molecule has 0 aliphatic heterocycles. The lowest BCUT2D eigenvalue weighted by Crippen LogP contribution is -1.97. The predicted molar refractivity (Wildman–Crippen MR) is 217 cm³/mol. The molecule has 2 aromatic heterocycles. The summed E-state index contributed by atoms with van der Waals surface area (Å²) in [6.07, 6.45) is 0. The number of hydrogen-bond donors (Lipinski definition) is 0. The molecule has 0 aliphatic rings. The molecular formula is C48H30N2S. The second-order valence-corrected chi connectivity index (χ2v) is 14.1. The molecule has 0 N–H and O–H groups in total. The first-order valence-electron chi connectivity index (χ1n) is 17.2. The summed E-state index contributed by atoms with van der Waals surface area (Å²) < 4.78 is 2.59. The van der Waals surface area contributed by atoms with Crippen LogP contribution in [-0.2, 0) is 0 Å². The van der Waals surface area contributed by atoms with Gasteiger partial charge < -0.3 is 0 Å². The van der Waals surface area contributed by atoms with Crippen LogP contribution in [0.1, 0.15) is 0 Å². The van der Waals surface area contributed by atoms with Crippen LogP contribution in [0.3, 0.4) is 0 Å². The van der Waals surface area contributed by atoms with Crippen LogP contribution >= 0.6 is 11.3 Å². The van der Waals surface area contributed by atoms with Crippen molar-refractivity contribution in [1.29, 1.82) is 0 Å². The monoisotopic (exact) mass is 666 g/mol. The zero-order valence-corrected chi connectivity index (χ0v) is 28.4. The topological polar surface area (TPSA) is 25.8 Å². The fourth-order valence-corrected chi connectivity index (χ4v) is 8.52. The van der Waals surface area contributed by atoms with Crippen LogP contribution in [0.5, 0.6) is 0 Å². The second kappa shape index (κ2) is 12.2. The van der Waals surface area contributed by atoms with Gasteiger partial charge in [0.15, 0.2) is 5.82 Å². The van der Waals surface area contributed by atoms with Crippen LogP contribution in [0, 0.1) is 0 Å². The molecule has 51 heavy (non-hydrogen) atoms. The highest BCUT2D eigenvalue weighted by Gasteiger charge is 2.17. The molecule has 0 saturated carbocycles. The quantitative estimate of drug-likeness (QED) is 0.183. The summed E-state index contributed by atoms with van der Waals surface area (Å²) in [6.45, 7) is 0. The Morgan fingerprint density at radius 1 is 0.333 bits per heavy atom. The normalized spacial score (nSPS) is 11.5. The molecule has 0 amide bonds. The van der Waals surface area contributed by atoms with Gasteiger partial charge in [-0.1, -0.05) is 140 Å². The van der Waals surface area contributed by atoms with Crippen molar-refractivity contribution in [3.05, 3.63) is 182 Å². The van der Waals surface area contributed by atoms with Crippen molar-refractivity contribution in [1.82, 2.24) is 9.97 Å². The van der Waals surface area contributed by atoms with Crippen LogP contribution in [0.25, 0.3) is 97.9 Å². The summed E-state index contributed by atoms with van der Waals surface area (Å²) in [7, 11) is 0. The highest BCUT2D eigenvalue weighted by atomic mass is 32.1. The third-order valence-corrected chi connectivity index (χ3v) is 11.0. The van der Waals surface area contributed by atoms with Crippen molar-refractivity contribution in [3.8, 4) is 56.2 Å². The van der Waals surface area contributed by atoms with Crippen molar-refractivity contribution in [2.45, 2.75) is 0 Å². The molecule has 2 nitrogen and oxygen atoms in total. The van der Waals surface area contributed by atoms with E-state index in [4.69, 9.17) is 9.97 Å². The molecule has 8 aromatic carbocycles. The number of nitrogens with zero attached hydrogens (tertiary/aromatic N) is 2. The van der Waals surface area contributed by atoms with Gasteiger partial charge in [0.25, 0.3) is 0 Å². The number of fused-ring (bicyclic) bond motifs is 5. The number of rotatable bonds is 5. The van der Waals surface area contributed by atoms with E-state index in [9.17, 15) is 0 Å². The minimum atomic E-state index is 0.708. The van der Waals surface area contributed by atoms with Crippen molar-refractivity contribution in [2.75, 3.05) is 0 Å². The lowest BCUT2D eigenvalue weighted by molar-refractivity contribution is 1.18. The fraction of sp³-hybridized carbons (Fsp3) is 0. The summed E-state index contributed by atoms with van der Waals surface area (Å²) in [5, 5.41) is 7.43. The molecule has 0 fully saturated rings. The zero-order valence-electron chi connectivity index (χ0n) is 27.6. The minimum Gasteiger partial charge on any atom is -0.228 e. The van der Waals surface area contributed by atoms with Gasteiger partial charge in [-0.15, -0.1) is 11.3 Å². The van der Waals surface area contributed by atoms with Gasteiger partial charge >= 0.3 is 0 Å². The van der Waals surface area contributed by atoms with E-state index >= 15 is 0 Å². The van der Waals surface area contributed by atoms with Crippen LogP contribution < -0.4 is 0 Å². The molecule has 3 heteroatoms. The first kappa shape index (κ1) is 29.5. The maximum Gasteiger partial charge on any atom is 0.160 e. The first-order chi connectivity index (χ1) is 25.2. The lowest BCUT2D eigenvalue weighted by Gasteiger charge is -2.15. The van der Waals surface area contributed by atoms with Gasteiger partial charge in [-0.25, -0.2) is 9.97 Å². The van der Waals surface area contributed by atoms with Gasteiger partial charge in [-0.2, -0.15) is 0 Å². The van der Waals surface area contributed by atoms with E-state index in [1.165, 1.54) is 52.8 Å². The van der Waals surface area contributed by atoms with Gasteiger partial charge in [-0.3, -0.25) is 0 Å². The Hall–Kier alpha value is -6.42. The molecular weight excluding hydrogens is 637 g/mol. The summed E-state index contributed by atoms with van der Waals surface area (Å²) in [5.74, 6) is 0.708. The number of benzene rings is 8. The van der Waals surface area contributed by atoms with E-state index in [2.05, 4.69) is 164 Å². The molecule has 0 radical (unpaired) electrons. The predicted octanol–water partition coefficient (Wildman–Crippen LogP) is 13.5. The minimum absolute atomic E-state index is 0.708. The molecule has 10 rings (SSSR count). The molecule has 0 aliphatic carbocycles. The SMILES string of the molecule is c1ccc(-c2nc(-c3cc(-c4cccc5ccccc45)cc(-c4cccc5sc6ccccc6c45)c3)cc(-c3ccc4ccccc4c3)n2)cc1. The third-order valence-electron chi connectivity index (χ3n) is 9.85. The van der Waals surface area contributed by atoms with E-state index < -0.39 is 0 Å². The van der Waals surface area contributed by atoms with Crippen LogP contribution in [0.2, 0.25) is 0 Å². The zero-order chi connectivity index (χ0) is 33.7. The molecule has 238 valence electrons. The molecule has 2 heterocycles. The second-order valence-electron chi connectivity index (χ2n) is 13.0. The summed E-state index contributed by atoms with van der Waals surface area (Å²) in [6, 6.07) is 65.2.